The molecule has 4 rings (SSSR count). The topological polar surface area (TPSA) is 71.1 Å². The third-order valence-corrected chi connectivity index (χ3v) is 6.67. The number of hydrogen-bond acceptors (Lipinski definition) is 4. The van der Waals surface area contributed by atoms with Crippen LogP contribution in [0.1, 0.15) is 31.2 Å². The van der Waals surface area contributed by atoms with Crippen LogP contribution in [0, 0.1) is 0 Å². The second-order valence-electron chi connectivity index (χ2n) is 8.23. The van der Waals surface area contributed by atoms with Gasteiger partial charge in [-0.1, -0.05) is 30.3 Å². The van der Waals surface area contributed by atoms with Crippen molar-refractivity contribution in [2.24, 2.45) is 0 Å². The molecular weight excluding hydrogens is 370 g/mol. The number of β-lactam (4-membered cyclic amide) rings is 1. The second-order valence-corrected chi connectivity index (χ2v) is 8.23. The number of urea groups is 1. The summed E-state index contributed by atoms with van der Waals surface area (Å²) in [6.45, 7) is 3.33. The molecule has 7 nitrogen and oxygen atoms in total. The molecule has 3 amide bonds. The molecule has 29 heavy (non-hydrogen) atoms. The van der Waals surface area contributed by atoms with E-state index in [2.05, 4.69) is 22.3 Å². The zero-order valence-electron chi connectivity index (χ0n) is 17.1. The fourth-order valence-corrected chi connectivity index (χ4v) is 5.12. The molecule has 1 spiro atoms. The largest absolute Gasteiger partial charge is 0.381 e. The van der Waals surface area contributed by atoms with Gasteiger partial charge in [-0.3, -0.25) is 4.79 Å². The highest BCUT2D eigenvalue weighted by Crippen LogP contribution is 2.45. The number of ether oxygens (including phenoxy) is 2. The molecule has 0 radical (unpaired) electrons. The van der Waals surface area contributed by atoms with E-state index in [4.69, 9.17) is 9.47 Å². The van der Waals surface area contributed by atoms with E-state index < -0.39 is 0 Å². The number of rotatable bonds is 5. The Morgan fingerprint density at radius 1 is 1.21 bits per heavy atom. The fraction of sp³-hybridized carbons (Fsp3) is 0.636. The average Bonchev–Trinajstić information content (AvgIpc) is 2.76. The lowest BCUT2D eigenvalue weighted by molar-refractivity contribution is -0.213. The number of amides is 3. The number of carbonyl (C=O) groups excluding carboxylic acids is 2. The quantitative estimate of drug-likeness (QED) is 0.764. The van der Waals surface area contributed by atoms with Crippen molar-refractivity contribution in [1.82, 2.24) is 15.1 Å². The van der Waals surface area contributed by atoms with E-state index in [1.54, 1.807) is 7.11 Å². The van der Waals surface area contributed by atoms with Crippen LogP contribution in [-0.4, -0.2) is 79.4 Å². The highest BCUT2D eigenvalue weighted by atomic mass is 16.5. The summed E-state index contributed by atoms with van der Waals surface area (Å²) in [5, 5.41) is 3.02. The Balaban J connectivity index is 1.27. The molecule has 0 aromatic heterocycles. The molecule has 3 heterocycles. The molecule has 1 aromatic rings. The zero-order chi connectivity index (χ0) is 20.3. The number of hydrogen-bond donors (Lipinski definition) is 1. The Bertz CT molecular complexity index is 712. The molecule has 3 aliphatic rings. The van der Waals surface area contributed by atoms with Gasteiger partial charge in [-0.15, -0.1) is 0 Å². The van der Waals surface area contributed by atoms with Crippen LogP contribution in [0.2, 0.25) is 0 Å². The third-order valence-electron chi connectivity index (χ3n) is 6.67. The van der Waals surface area contributed by atoms with Gasteiger partial charge in [0.15, 0.2) is 6.10 Å². The van der Waals surface area contributed by atoms with Gasteiger partial charge in [0.2, 0.25) is 0 Å². The normalized spacial score (nSPS) is 24.4. The summed E-state index contributed by atoms with van der Waals surface area (Å²) in [5.41, 5.74) is 1.01. The number of benzene rings is 1. The molecule has 0 bridgehead atoms. The Morgan fingerprint density at radius 3 is 2.55 bits per heavy atom. The predicted molar refractivity (Wildman–Crippen MR) is 109 cm³/mol. The van der Waals surface area contributed by atoms with Crippen molar-refractivity contribution in [1.29, 1.82) is 0 Å². The Morgan fingerprint density at radius 2 is 1.90 bits per heavy atom. The van der Waals surface area contributed by atoms with Crippen molar-refractivity contribution in [2.75, 3.05) is 40.0 Å². The first kappa shape index (κ1) is 20.2. The number of nitrogens with zero attached hydrogens (tertiary/aromatic N) is 2. The van der Waals surface area contributed by atoms with Gasteiger partial charge >= 0.3 is 6.03 Å². The molecule has 1 unspecified atom stereocenters. The number of piperidine rings is 1. The molecule has 1 atom stereocenters. The number of carbonyl (C=O) groups is 2. The first-order chi connectivity index (χ1) is 14.2. The molecular formula is C22H31N3O4. The van der Waals surface area contributed by atoms with E-state index in [1.165, 1.54) is 5.56 Å². The molecule has 1 aromatic carbocycles. The van der Waals surface area contributed by atoms with Crippen molar-refractivity contribution in [3.63, 3.8) is 0 Å². The van der Waals surface area contributed by atoms with Crippen LogP contribution < -0.4 is 5.32 Å². The van der Waals surface area contributed by atoms with Crippen LogP contribution in [0.4, 0.5) is 4.79 Å². The summed E-state index contributed by atoms with van der Waals surface area (Å²) in [5.74, 6) is 0.0974. The molecule has 7 heteroatoms. The maximum absolute atomic E-state index is 12.7. The van der Waals surface area contributed by atoms with Gasteiger partial charge in [0.1, 0.15) is 0 Å². The van der Waals surface area contributed by atoms with Crippen LogP contribution in [0.5, 0.6) is 0 Å². The first-order valence-electron chi connectivity index (χ1n) is 10.7. The van der Waals surface area contributed by atoms with E-state index in [-0.39, 0.29) is 29.6 Å². The van der Waals surface area contributed by atoms with Crippen LogP contribution in [0.25, 0.3) is 0 Å². The van der Waals surface area contributed by atoms with E-state index in [9.17, 15) is 9.59 Å². The summed E-state index contributed by atoms with van der Waals surface area (Å²) < 4.78 is 11.1. The van der Waals surface area contributed by atoms with Crippen molar-refractivity contribution < 1.29 is 19.1 Å². The molecule has 3 aliphatic heterocycles. The van der Waals surface area contributed by atoms with Gasteiger partial charge in [0.05, 0.1) is 5.54 Å². The minimum Gasteiger partial charge on any atom is -0.381 e. The maximum Gasteiger partial charge on any atom is 0.317 e. The summed E-state index contributed by atoms with van der Waals surface area (Å²) in [6.07, 6.45) is 3.78. The van der Waals surface area contributed by atoms with Crippen molar-refractivity contribution >= 4 is 11.9 Å². The lowest BCUT2D eigenvalue weighted by atomic mass is 9.72. The maximum atomic E-state index is 12.7. The van der Waals surface area contributed by atoms with E-state index in [0.717, 1.165) is 32.1 Å². The van der Waals surface area contributed by atoms with Gasteiger partial charge in [0, 0.05) is 46.0 Å². The highest BCUT2D eigenvalue weighted by Gasteiger charge is 2.62. The molecule has 3 fully saturated rings. The summed E-state index contributed by atoms with van der Waals surface area (Å²) in [7, 11) is 1.62. The SMILES string of the molecule is COC1C(=O)N(C2CCN(C(=O)NCCc3ccccc3)CC2)C12CCOCC2. The molecule has 0 saturated carbocycles. The minimum atomic E-state index is -0.342. The van der Waals surface area contributed by atoms with E-state index >= 15 is 0 Å². The third kappa shape index (κ3) is 3.85. The summed E-state index contributed by atoms with van der Waals surface area (Å²) >= 11 is 0. The van der Waals surface area contributed by atoms with Gasteiger partial charge in [0.25, 0.3) is 5.91 Å². The first-order valence-corrected chi connectivity index (χ1v) is 10.7. The van der Waals surface area contributed by atoms with Gasteiger partial charge in [-0.05, 0) is 37.7 Å². The molecule has 1 N–H and O–H groups in total. The Labute approximate surface area is 172 Å². The lowest BCUT2D eigenvalue weighted by Gasteiger charge is -2.61. The monoisotopic (exact) mass is 401 g/mol. The smallest absolute Gasteiger partial charge is 0.317 e. The van der Waals surface area contributed by atoms with Crippen molar-refractivity contribution in [3.05, 3.63) is 35.9 Å². The summed E-state index contributed by atoms with van der Waals surface area (Å²) in [6, 6.07) is 10.3. The second kappa shape index (κ2) is 8.71. The molecule has 3 saturated heterocycles. The van der Waals surface area contributed by atoms with Gasteiger partial charge in [-0.2, -0.15) is 0 Å². The zero-order valence-corrected chi connectivity index (χ0v) is 17.1. The Kier molecular flexibility index (Phi) is 6.06. The fourth-order valence-electron chi connectivity index (χ4n) is 5.12. The number of likely N-dealkylation sites (tertiary alicyclic amines) is 2. The predicted octanol–water partition coefficient (Wildman–Crippen LogP) is 1.81. The van der Waals surface area contributed by atoms with Crippen LogP contribution in [0.15, 0.2) is 30.3 Å². The van der Waals surface area contributed by atoms with E-state index in [1.807, 2.05) is 23.1 Å². The molecule has 0 aliphatic carbocycles. The highest BCUT2D eigenvalue weighted by molar-refractivity contribution is 5.91. The van der Waals surface area contributed by atoms with Gasteiger partial charge in [-0.25, -0.2) is 4.79 Å². The van der Waals surface area contributed by atoms with Crippen LogP contribution >= 0.6 is 0 Å². The van der Waals surface area contributed by atoms with E-state index in [0.29, 0.717) is 32.8 Å². The lowest BCUT2D eigenvalue weighted by Crippen LogP contribution is -2.79. The average molecular weight is 402 g/mol. The number of methoxy groups -OCH3 is 1. The van der Waals surface area contributed by atoms with Crippen molar-refractivity contribution in [2.45, 2.75) is 49.8 Å². The molecule has 158 valence electrons. The minimum absolute atomic E-state index is 0.00938. The van der Waals surface area contributed by atoms with Crippen molar-refractivity contribution in [3.8, 4) is 0 Å². The van der Waals surface area contributed by atoms with Gasteiger partial charge < -0.3 is 24.6 Å². The Hall–Kier alpha value is -2.12. The van der Waals surface area contributed by atoms with Crippen LogP contribution in [0.3, 0.4) is 0 Å². The van der Waals surface area contributed by atoms with Crippen LogP contribution in [-0.2, 0) is 20.7 Å². The summed E-state index contributed by atoms with van der Waals surface area (Å²) in [4.78, 5) is 29.2. The number of nitrogens with one attached hydrogen (secondary N) is 1. The standard InChI is InChI=1S/C22H31N3O4/c1-28-19-20(26)25(22(19)10-15-29-16-11-22)18-8-13-24(14-9-18)21(27)23-12-7-17-5-3-2-4-6-17/h2-6,18-19H,7-16H2,1H3,(H,23,27).